The summed E-state index contributed by atoms with van der Waals surface area (Å²) in [5.74, 6) is 0.293. The quantitative estimate of drug-likeness (QED) is 0.246. The van der Waals surface area contributed by atoms with Gasteiger partial charge in [-0.2, -0.15) is 0 Å². The van der Waals surface area contributed by atoms with Crippen molar-refractivity contribution in [2.75, 3.05) is 13.7 Å². The molecule has 0 aliphatic carbocycles. The van der Waals surface area contributed by atoms with Crippen LogP contribution in [0.15, 0.2) is 80.1 Å². The van der Waals surface area contributed by atoms with Gasteiger partial charge in [0.1, 0.15) is 17.3 Å². The average molecular weight is 621 g/mol. The highest BCUT2D eigenvalue weighted by atomic mass is 35.5. The van der Waals surface area contributed by atoms with Gasteiger partial charge in [0, 0.05) is 16.7 Å². The first-order chi connectivity index (χ1) is 20.6. The molecule has 4 aromatic rings. The van der Waals surface area contributed by atoms with E-state index in [-0.39, 0.29) is 23.8 Å². The largest absolute Gasteiger partial charge is 0.497 e. The number of ether oxygens (including phenoxy) is 3. The Kier molecular flexibility index (Phi) is 8.70. The number of hydrogen-bond acceptors (Lipinski definition) is 9. The molecular formula is C32H29ClN2O7S. The Hall–Kier alpha value is -4.41. The van der Waals surface area contributed by atoms with Gasteiger partial charge >= 0.3 is 11.9 Å². The van der Waals surface area contributed by atoms with E-state index in [1.807, 2.05) is 6.07 Å². The number of hydrogen-bond donors (Lipinski definition) is 0. The SMILES string of the molecule is CCOC(=O)C1=C(C)N=c2s/c(=C/c3ccc(-c4cc(Cl)ccc4C(=O)OC(C)C)o3)c(=O)n2[C@H]1c1cccc(OC)c1. The summed E-state index contributed by atoms with van der Waals surface area (Å²) >= 11 is 7.42. The van der Waals surface area contributed by atoms with Crippen LogP contribution in [0.5, 0.6) is 5.75 Å². The van der Waals surface area contributed by atoms with E-state index in [1.54, 1.807) is 89.4 Å². The molecule has 1 aliphatic rings. The summed E-state index contributed by atoms with van der Waals surface area (Å²) in [6.07, 6.45) is 1.30. The maximum absolute atomic E-state index is 13.9. The summed E-state index contributed by atoms with van der Waals surface area (Å²) in [6, 6.07) is 14.6. The molecule has 11 heteroatoms. The second-order valence-electron chi connectivity index (χ2n) is 9.92. The number of furan rings is 1. The molecule has 0 bridgehead atoms. The number of thiazole rings is 1. The van der Waals surface area contributed by atoms with Crippen LogP contribution in [0.3, 0.4) is 0 Å². The van der Waals surface area contributed by atoms with Crippen LogP contribution in [0, 0.1) is 0 Å². The summed E-state index contributed by atoms with van der Waals surface area (Å²) in [5.41, 5.74) is 1.82. The van der Waals surface area contributed by atoms with Gasteiger partial charge < -0.3 is 18.6 Å². The minimum absolute atomic E-state index is 0.176. The lowest BCUT2D eigenvalue weighted by molar-refractivity contribution is -0.139. The van der Waals surface area contributed by atoms with Crippen molar-refractivity contribution in [3.8, 4) is 17.1 Å². The number of carbonyl (C=O) groups excluding carboxylic acids is 2. The second-order valence-corrected chi connectivity index (χ2v) is 11.4. The number of benzene rings is 2. The van der Waals surface area contributed by atoms with Crippen LogP contribution in [0.4, 0.5) is 0 Å². The van der Waals surface area contributed by atoms with Crippen LogP contribution in [-0.4, -0.2) is 36.3 Å². The van der Waals surface area contributed by atoms with Crippen LogP contribution in [0.2, 0.25) is 5.02 Å². The van der Waals surface area contributed by atoms with Crippen LogP contribution < -0.4 is 19.6 Å². The monoisotopic (exact) mass is 620 g/mol. The summed E-state index contributed by atoms with van der Waals surface area (Å²) < 4.78 is 24.1. The van der Waals surface area contributed by atoms with Crippen molar-refractivity contribution in [3.05, 3.63) is 107 Å². The van der Waals surface area contributed by atoms with Gasteiger partial charge in [-0.15, -0.1) is 0 Å². The zero-order chi connectivity index (χ0) is 30.8. The Labute approximate surface area is 256 Å². The lowest BCUT2D eigenvalue weighted by atomic mass is 9.95. The van der Waals surface area contributed by atoms with Crippen molar-refractivity contribution in [1.29, 1.82) is 0 Å². The first-order valence-corrected chi connectivity index (χ1v) is 14.7. The molecule has 5 rings (SSSR count). The third-order valence-corrected chi connectivity index (χ3v) is 7.85. The Morgan fingerprint density at radius 2 is 1.93 bits per heavy atom. The molecule has 1 atom stereocenters. The molecule has 2 aromatic carbocycles. The van der Waals surface area contributed by atoms with Gasteiger partial charge in [-0.3, -0.25) is 9.36 Å². The Balaban J connectivity index is 1.61. The number of methoxy groups -OCH3 is 1. The summed E-state index contributed by atoms with van der Waals surface area (Å²) in [4.78, 5) is 44.8. The highest BCUT2D eigenvalue weighted by Crippen LogP contribution is 2.33. The number of aromatic nitrogens is 1. The predicted octanol–water partition coefficient (Wildman–Crippen LogP) is 5.29. The van der Waals surface area contributed by atoms with Crippen molar-refractivity contribution < 1.29 is 28.2 Å². The van der Waals surface area contributed by atoms with Crippen molar-refractivity contribution in [2.45, 2.75) is 39.8 Å². The highest BCUT2D eigenvalue weighted by molar-refractivity contribution is 7.07. The minimum Gasteiger partial charge on any atom is -0.497 e. The Morgan fingerprint density at radius 1 is 1.14 bits per heavy atom. The predicted molar refractivity (Wildman–Crippen MR) is 163 cm³/mol. The van der Waals surface area contributed by atoms with Gasteiger partial charge in [0.05, 0.1) is 47.2 Å². The molecule has 0 spiro atoms. The number of halogens is 1. The van der Waals surface area contributed by atoms with E-state index in [9.17, 15) is 14.4 Å². The van der Waals surface area contributed by atoms with Gasteiger partial charge in [0.25, 0.3) is 5.56 Å². The molecule has 0 saturated carbocycles. The van der Waals surface area contributed by atoms with E-state index in [4.69, 9.17) is 30.2 Å². The van der Waals surface area contributed by atoms with Crippen molar-refractivity contribution >= 4 is 41.0 Å². The average Bonchev–Trinajstić information content (AvgIpc) is 3.56. The lowest BCUT2D eigenvalue weighted by Crippen LogP contribution is -2.39. The molecule has 0 fully saturated rings. The molecule has 43 heavy (non-hydrogen) atoms. The Bertz CT molecular complexity index is 1930. The topological polar surface area (TPSA) is 109 Å². The molecule has 2 aromatic heterocycles. The molecule has 1 aliphatic heterocycles. The Morgan fingerprint density at radius 3 is 2.65 bits per heavy atom. The summed E-state index contributed by atoms with van der Waals surface area (Å²) in [5, 5.41) is 0.424. The van der Waals surface area contributed by atoms with E-state index >= 15 is 0 Å². The van der Waals surface area contributed by atoms with Gasteiger partial charge in [-0.05, 0) is 75.7 Å². The molecule has 0 radical (unpaired) electrons. The lowest BCUT2D eigenvalue weighted by Gasteiger charge is -2.24. The number of fused-ring (bicyclic) bond motifs is 1. The van der Waals surface area contributed by atoms with E-state index in [1.165, 1.54) is 15.9 Å². The first-order valence-electron chi connectivity index (χ1n) is 13.6. The minimum atomic E-state index is -0.777. The van der Waals surface area contributed by atoms with Crippen LogP contribution >= 0.6 is 22.9 Å². The van der Waals surface area contributed by atoms with Gasteiger partial charge in [-0.25, -0.2) is 14.6 Å². The molecule has 0 N–H and O–H groups in total. The van der Waals surface area contributed by atoms with E-state index in [0.29, 0.717) is 54.0 Å². The zero-order valence-electron chi connectivity index (χ0n) is 24.2. The molecule has 0 amide bonds. The fourth-order valence-corrected chi connectivity index (χ4v) is 6.00. The van der Waals surface area contributed by atoms with Crippen LogP contribution in [0.1, 0.15) is 55.4 Å². The van der Waals surface area contributed by atoms with Crippen molar-refractivity contribution in [1.82, 2.24) is 4.57 Å². The van der Waals surface area contributed by atoms with E-state index < -0.39 is 18.0 Å². The number of allylic oxidation sites excluding steroid dienone is 1. The van der Waals surface area contributed by atoms with Gasteiger partial charge in [0.15, 0.2) is 4.80 Å². The zero-order valence-corrected chi connectivity index (χ0v) is 25.7. The fourth-order valence-electron chi connectivity index (χ4n) is 4.80. The smallest absolute Gasteiger partial charge is 0.339 e. The number of nitrogens with zero attached hydrogens (tertiary/aromatic N) is 2. The van der Waals surface area contributed by atoms with Crippen molar-refractivity contribution in [2.24, 2.45) is 4.99 Å². The summed E-state index contributed by atoms with van der Waals surface area (Å²) in [7, 11) is 1.55. The standard InChI is InChI=1S/C32H29ClN2O7S/c1-6-40-31(38)27-18(4)34-32-35(28(27)19-8-7-9-21(14-19)39-5)29(36)26(43-32)16-22-11-13-25(42-22)24-15-20(33)10-12-23(24)30(37)41-17(2)3/h7-17,28H,6H2,1-5H3/b26-16+/t28-/m0/s1. The van der Waals surface area contributed by atoms with Gasteiger partial charge in [-0.1, -0.05) is 35.1 Å². The summed E-state index contributed by atoms with van der Waals surface area (Å²) in [6.45, 7) is 7.16. The van der Waals surface area contributed by atoms with Crippen LogP contribution in [0.25, 0.3) is 17.4 Å². The highest BCUT2D eigenvalue weighted by Gasteiger charge is 2.33. The maximum atomic E-state index is 13.9. The van der Waals surface area contributed by atoms with Crippen molar-refractivity contribution in [3.63, 3.8) is 0 Å². The fraction of sp³-hybridized carbons (Fsp3) is 0.250. The molecular weight excluding hydrogens is 592 g/mol. The van der Waals surface area contributed by atoms with E-state index in [2.05, 4.69) is 4.99 Å². The molecule has 9 nitrogen and oxygen atoms in total. The number of rotatable bonds is 8. The van der Waals surface area contributed by atoms with E-state index in [0.717, 1.165) is 0 Å². The number of carbonyl (C=O) groups is 2. The molecule has 0 unspecified atom stereocenters. The molecule has 3 heterocycles. The maximum Gasteiger partial charge on any atom is 0.339 e. The molecule has 222 valence electrons. The number of esters is 2. The third kappa shape index (κ3) is 6.07. The normalized spacial score (nSPS) is 14.9. The van der Waals surface area contributed by atoms with Crippen LogP contribution in [-0.2, 0) is 14.3 Å². The second kappa shape index (κ2) is 12.4. The first kappa shape index (κ1) is 30.1. The third-order valence-electron chi connectivity index (χ3n) is 6.64. The molecule has 0 saturated heterocycles. The van der Waals surface area contributed by atoms with Gasteiger partial charge in [0.2, 0.25) is 0 Å².